The van der Waals surface area contributed by atoms with E-state index in [1.54, 1.807) is 35.7 Å². The Morgan fingerprint density at radius 2 is 1.91 bits per heavy atom. The maximum atomic E-state index is 13.8. The minimum Gasteiger partial charge on any atom is -0.503 e. The molecule has 0 radical (unpaired) electrons. The first-order chi connectivity index (χ1) is 16.4. The van der Waals surface area contributed by atoms with E-state index in [0.29, 0.717) is 32.2 Å². The number of nitrogens with zero attached hydrogens (tertiary/aromatic N) is 2. The summed E-state index contributed by atoms with van der Waals surface area (Å²) < 4.78 is 25.0. The summed E-state index contributed by atoms with van der Waals surface area (Å²) in [5.74, 6) is -1.44. The highest BCUT2D eigenvalue weighted by Crippen LogP contribution is 2.46. The van der Waals surface area contributed by atoms with Crippen LogP contribution in [0.5, 0.6) is 11.5 Å². The SMILES string of the molecule is COc1ccc(C2C(C(=O)c3cccs3)=C(O)C(=O)N2c2nc3ccc(F)cc3s2)cc1OC. The summed E-state index contributed by atoms with van der Waals surface area (Å²) in [6.07, 6.45) is 0. The molecule has 172 valence electrons. The Kier molecular flexibility index (Phi) is 5.54. The summed E-state index contributed by atoms with van der Waals surface area (Å²) in [6.45, 7) is 0. The topological polar surface area (TPSA) is 89.0 Å². The van der Waals surface area contributed by atoms with Crippen LogP contribution in [0.4, 0.5) is 9.52 Å². The highest BCUT2D eigenvalue weighted by atomic mass is 32.1. The molecule has 2 aromatic carbocycles. The second-order valence-electron chi connectivity index (χ2n) is 7.37. The van der Waals surface area contributed by atoms with Gasteiger partial charge in [-0.1, -0.05) is 23.5 Å². The number of amides is 1. The molecule has 1 amide bonds. The number of Topliss-reactive ketones (excluding diaryl/α,β-unsaturated/α-hetero) is 1. The molecule has 1 atom stereocenters. The number of halogens is 1. The van der Waals surface area contributed by atoms with E-state index in [-0.39, 0.29) is 10.7 Å². The van der Waals surface area contributed by atoms with Crippen LogP contribution in [0.1, 0.15) is 21.3 Å². The smallest absolute Gasteiger partial charge is 0.296 e. The molecule has 1 N–H and O–H groups in total. The molecule has 0 aliphatic carbocycles. The predicted octanol–water partition coefficient (Wildman–Crippen LogP) is 5.30. The molecule has 0 fully saturated rings. The van der Waals surface area contributed by atoms with Crippen LogP contribution in [0, 0.1) is 5.82 Å². The summed E-state index contributed by atoms with van der Waals surface area (Å²) in [6, 6.07) is 11.5. The molecule has 1 unspecified atom stereocenters. The molecular weight excluding hydrogens is 479 g/mol. The molecule has 34 heavy (non-hydrogen) atoms. The van der Waals surface area contributed by atoms with Crippen molar-refractivity contribution in [1.82, 2.24) is 4.98 Å². The van der Waals surface area contributed by atoms with E-state index >= 15 is 0 Å². The van der Waals surface area contributed by atoms with Gasteiger partial charge in [0.1, 0.15) is 5.82 Å². The van der Waals surface area contributed by atoms with Gasteiger partial charge >= 0.3 is 0 Å². The van der Waals surface area contributed by atoms with E-state index < -0.39 is 29.3 Å². The summed E-state index contributed by atoms with van der Waals surface area (Å²) in [4.78, 5) is 32.8. The normalized spacial score (nSPS) is 15.9. The van der Waals surface area contributed by atoms with Crippen LogP contribution in [0.2, 0.25) is 0 Å². The first-order valence-electron chi connectivity index (χ1n) is 10.1. The zero-order valence-corrected chi connectivity index (χ0v) is 19.6. The van der Waals surface area contributed by atoms with E-state index in [0.717, 1.165) is 11.3 Å². The maximum Gasteiger partial charge on any atom is 0.296 e. The van der Waals surface area contributed by atoms with Gasteiger partial charge in [-0.25, -0.2) is 9.37 Å². The lowest BCUT2D eigenvalue weighted by molar-refractivity contribution is -0.117. The number of carbonyl (C=O) groups excluding carboxylic acids is 2. The number of thiazole rings is 1. The average Bonchev–Trinajstić information content (AvgIpc) is 3.57. The third kappa shape index (κ3) is 3.51. The van der Waals surface area contributed by atoms with Crippen molar-refractivity contribution < 1.29 is 28.6 Å². The van der Waals surface area contributed by atoms with Gasteiger partial charge in [-0.3, -0.25) is 14.5 Å². The number of aliphatic hydroxyl groups excluding tert-OH is 1. The number of hydrogen-bond donors (Lipinski definition) is 1. The number of fused-ring (bicyclic) bond motifs is 1. The molecule has 0 saturated carbocycles. The first-order valence-corrected chi connectivity index (χ1v) is 11.8. The van der Waals surface area contributed by atoms with Gasteiger partial charge in [0.2, 0.25) is 5.78 Å². The van der Waals surface area contributed by atoms with Crippen LogP contribution in [0.3, 0.4) is 0 Å². The number of anilines is 1. The van der Waals surface area contributed by atoms with Crippen molar-refractivity contribution in [1.29, 1.82) is 0 Å². The third-order valence-electron chi connectivity index (χ3n) is 5.47. The second-order valence-corrected chi connectivity index (χ2v) is 9.33. The van der Waals surface area contributed by atoms with Gasteiger partial charge in [-0.15, -0.1) is 11.3 Å². The second kappa shape index (κ2) is 8.54. The molecule has 3 heterocycles. The summed E-state index contributed by atoms with van der Waals surface area (Å²) in [5, 5.41) is 12.8. The number of carbonyl (C=O) groups is 2. The number of aliphatic hydroxyl groups is 1. The summed E-state index contributed by atoms with van der Waals surface area (Å²) in [7, 11) is 2.98. The largest absolute Gasteiger partial charge is 0.503 e. The van der Waals surface area contributed by atoms with Crippen molar-refractivity contribution in [3.8, 4) is 11.5 Å². The number of hydrogen-bond acceptors (Lipinski definition) is 8. The Balaban J connectivity index is 1.70. The zero-order chi connectivity index (χ0) is 24.0. The summed E-state index contributed by atoms with van der Waals surface area (Å²) in [5.41, 5.74) is 0.947. The van der Waals surface area contributed by atoms with Crippen molar-refractivity contribution in [2.75, 3.05) is 19.1 Å². The van der Waals surface area contributed by atoms with Crippen molar-refractivity contribution >= 4 is 49.7 Å². The number of rotatable bonds is 6. The Bertz CT molecular complexity index is 1460. The Hall–Kier alpha value is -3.76. The van der Waals surface area contributed by atoms with Gasteiger partial charge in [0, 0.05) is 0 Å². The van der Waals surface area contributed by atoms with Crippen LogP contribution in [0.15, 0.2) is 65.2 Å². The van der Waals surface area contributed by atoms with E-state index in [2.05, 4.69) is 4.98 Å². The zero-order valence-electron chi connectivity index (χ0n) is 17.9. The van der Waals surface area contributed by atoms with E-state index in [9.17, 15) is 19.1 Å². The van der Waals surface area contributed by atoms with E-state index in [4.69, 9.17) is 9.47 Å². The van der Waals surface area contributed by atoms with Crippen molar-refractivity contribution in [2.45, 2.75) is 6.04 Å². The van der Waals surface area contributed by atoms with E-state index in [1.165, 1.54) is 48.7 Å². The molecule has 0 saturated heterocycles. The Morgan fingerprint density at radius 1 is 1.12 bits per heavy atom. The van der Waals surface area contributed by atoms with Crippen LogP contribution >= 0.6 is 22.7 Å². The lowest BCUT2D eigenvalue weighted by Crippen LogP contribution is -2.31. The van der Waals surface area contributed by atoms with Gasteiger partial charge in [0.15, 0.2) is 22.4 Å². The number of ketones is 1. The quantitative estimate of drug-likeness (QED) is 0.365. The number of aromatic nitrogens is 1. The van der Waals surface area contributed by atoms with Crippen molar-refractivity contribution in [2.24, 2.45) is 0 Å². The number of methoxy groups -OCH3 is 2. The minimum atomic E-state index is -0.979. The van der Waals surface area contributed by atoms with Gasteiger partial charge in [-0.2, -0.15) is 0 Å². The third-order valence-corrected chi connectivity index (χ3v) is 7.35. The van der Waals surface area contributed by atoms with Crippen LogP contribution in [-0.2, 0) is 4.79 Å². The van der Waals surface area contributed by atoms with Crippen LogP contribution < -0.4 is 14.4 Å². The monoisotopic (exact) mass is 496 g/mol. The van der Waals surface area contributed by atoms with Gasteiger partial charge < -0.3 is 14.6 Å². The fourth-order valence-corrected chi connectivity index (χ4v) is 5.60. The molecule has 0 spiro atoms. The molecule has 1 aliphatic heterocycles. The van der Waals surface area contributed by atoms with Gasteiger partial charge in [-0.05, 0) is 47.3 Å². The Morgan fingerprint density at radius 3 is 2.62 bits per heavy atom. The number of ether oxygens (including phenoxy) is 2. The van der Waals surface area contributed by atoms with E-state index in [1.807, 2.05) is 0 Å². The maximum absolute atomic E-state index is 13.8. The standard InChI is InChI=1S/C24H17FN2O5S2/c1-31-15-8-5-12(10-16(15)32-2)20-19(21(28)17-4-3-9-33-17)22(29)23(30)27(20)24-26-14-7-6-13(25)11-18(14)34-24/h3-11,20,29H,1-2H3. The highest BCUT2D eigenvalue weighted by Gasteiger charge is 2.46. The molecule has 7 nitrogen and oxygen atoms in total. The van der Waals surface area contributed by atoms with Gasteiger partial charge in [0.25, 0.3) is 5.91 Å². The Labute approximate surface area is 201 Å². The number of thiophene rings is 1. The van der Waals surface area contributed by atoms with Gasteiger partial charge in [0.05, 0.1) is 40.9 Å². The number of benzene rings is 2. The molecule has 4 aromatic rings. The molecule has 0 bridgehead atoms. The van der Waals surface area contributed by atoms with Crippen LogP contribution in [0.25, 0.3) is 10.2 Å². The van der Waals surface area contributed by atoms with Crippen LogP contribution in [-0.4, -0.2) is 36.0 Å². The molecule has 5 rings (SSSR count). The average molecular weight is 497 g/mol. The predicted molar refractivity (Wildman–Crippen MR) is 128 cm³/mol. The highest BCUT2D eigenvalue weighted by molar-refractivity contribution is 7.22. The molecule has 2 aromatic heterocycles. The fraction of sp³-hybridized carbons (Fsp3) is 0.125. The lowest BCUT2D eigenvalue weighted by Gasteiger charge is -2.25. The molecule has 1 aliphatic rings. The van der Waals surface area contributed by atoms with Crippen molar-refractivity contribution in [3.63, 3.8) is 0 Å². The lowest BCUT2D eigenvalue weighted by atomic mass is 9.95. The summed E-state index contributed by atoms with van der Waals surface area (Å²) >= 11 is 2.30. The van der Waals surface area contributed by atoms with Crippen molar-refractivity contribution in [3.05, 3.63) is 81.5 Å². The fourth-order valence-electron chi connectivity index (χ4n) is 3.90. The first kappa shape index (κ1) is 22.1. The molecular formula is C24H17FN2O5S2. The molecule has 10 heteroatoms. The minimum absolute atomic E-state index is 0.0647.